The number of carbonyl (C=O) groups excluding carboxylic acids is 2. The molecule has 0 aromatic heterocycles. The van der Waals surface area contributed by atoms with E-state index in [9.17, 15) is 9.59 Å². The second kappa shape index (κ2) is 9.82. The van der Waals surface area contributed by atoms with E-state index in [1.165, 1.54) is 6.21 Å². The predicted molar refractivity (Wildman–Crippen MR) is 111 cm³/mol. The highest BCUT2D eigenvalue weighted by atomic mass is 16.2. The fraction of sp³-hybridized carbons (Fsp3) is 0.476. The van der Waals surface area contributed by atoms with E-state index in [0.29, 0.717) is 18.7 Å². The van der Waals surface area contributed by atoms with Gasteiger partial charge in [-0.25, -0.2) is 9.98 Å². The summed E-state index contributed by atoms with van der Waals surface area (Å²) in [6.45, 7) is 4.24. The van der Waals surface area contributed by atoms with Crippen molar-refractivity contribution in [2.45, 2.75) is 32.6 Å². The molecule has 1 unspecified atom stereocenters. The summed E-state index contributed by atoms with van der Waals surface area (Å²) in [6, 6.07) is 7.53. The van der Waals surface area contributed by atoms with Crippen LogP contribution in [0.2, 0.25) is 0 Å². The number of carbonyl (C=O) groups is 2. The number of nitrogens with one attached hydrogen (secondary N) is 1. The van der Waals surface area contributed by atoms with Crippen LogP contribution in [0, 0.1) is 24.3 Å². The van der Waals surface area contributed by atoms with Gasteiger partial charge < -0.3 is 9.80 Å². The molecular formula is C21H26N6O2. The number of aliphatic imine (C=N–C) groups is 2. The molecule has 1 aromatic rings. The number of benzene rings is 1. The normalized spacial score (nSPS) is 20.2. The van der Waals surface area contributed by atoms with Crippen LogP contribution >= 0.6 is 0 Å². The lowest BCUT2D eigenvalue weighted by atomic mass is 9.98. The molecule has 1 aromatic carbocycles. The molecule has 2 aliphatic rings. The van der Waals surface area contributed by atoms with Gasteiger partial charge in [0.2, 0.25) is 17.8 Å². The van der Waals surface area contributed by atoms with Crippen molar-refractivity contribution >= 4 is 29.7 Å². The van der Waals surface area contributed by atoms with Crippen LogP contribution in [0.15, 0.2) is 34.3 Å². The van der Waals surface area contributed by atoms with Crippen molar-refractivity contribution < 1.29 is 9.59 Å². The molecular weight excluding hydrogens is 368 g/mol. The van der Waals surface area contributed by atoms with Crippen molar-refractivity contribution in [3.8, 4) is 6.19 Å². The second-order valence-electron chi connectivity index (χ2n) is 7.39. The highest BCUT2D eigenvalue weighted by Crippen LogP contribution is 2.18. The van der Waals surface area contributed by atoms with Crippen LogP contribution in [0.4, 0.5) is 5.69 Å². The van der Waals surface area contributed by atoms with Crippen molar-refractivity contribution in [2.24, 2.45) is 15.9 Å². The van der Waals surface area contributed by atoms with E-state index in [4.69, 9.17) is 5.26 Å². The molecule has 152 valence electrons. The first-order valence-corrected chi connectivity index (χ1v) is 9.98. The molecule has 2 heterocycles. The molecule has 8 heteroatoms. The van der Waals surface area contributed by atoms with Gasteiger partial charge in [0.1, 0.15) is 0 Å². The van der Waals surface area contributed by atoms with Gasteiger partial charge in [0.05, 0.1) is 18.2 Å². The smallest absolute Gasteiger partial charge is 0.242 e. The minimum absolute atomic E-state index is 0.0151. The summed E-state index contributed by atoms with van der Waals surface area (Å²) < 4.78 is 0. The molecule has 0 saturated carbocycles. The van der Waals surface area contributed by atoms with Crippen LogP contribution in [0.1, 0.15) is 31.2 Å². The lowest BCUT2D eigenvalue weighted by Crippen LogP contribution is -2.47. The zero-order chi connectivity index (χ0) is 20.6. The minimum atomic E-state index is -0.418. The topological polar surface area (TPSA) is 101 Å². The Morgan fingerprint density at radius 1 is 1.31 bits per heavy atom. The number of nitrogens with zero attached hydrogens (tertiary/aromatic N) is 5. The molecule has 2 amide bonds. The Labute approximate surface area is 170 Å². The molecule has 1 N–H and O–H groups in total. The average molecular weight is 394 g/mol. The van der Waals surface area contributed by atoms with Crippen LogP contribution in [0.3, 0.4) is 0 Å². The SMILES string of the molecule is Cc1cccc(N=C(/N=C\C2CCCN(CC(=O)N3CCCC3)C2=O)NC#N)c1. The van der Waals surface area contributed by atoms with Gasteiger partial charge in [-0.3, -0.25) is 14.9 Å². The molecule has 2 saturated heterocycles. The molecule has 1 atom stereocenters. The number of aryl methyl sites for hydroxylation is 1. The van der Waals surface area contributed by atoms with E-state index in [2.05, 4.69) is 15.3 Å². The van der Waals surface area contributed by atoms with Crippen molar-refractivity contribution in [1.29, 1.82) is 5.26 Å². The van der Waals surface area contributed by atoms with E-state index in [0.717, 1.165) is 37.9 Å². The molecule has 2 fully saturated rings. The van der Waals surface area contributed by atoms with Crippen LogP contribution < -0.4 is 5.32 Å². The van der Waals surface area contributed by atoms with Gasteiger partial charge >= 0.3 is 0 Å². The molecule has 0 radical (unpaired) electrons. The maximum atomic E-state index is 12.8. The monoisotopic (exact) mass is 394 g/mol. The second-order valence-corrected chi connectivity index (χ2v) is 7.39. The Balaban J connectivity index is 1.66. The van der Waals surface area contributed by atoms with Gasteiger partial charge in [-0.15, -0.1) is 0 Å². The van der Waals surface area contributed by atoms with E-state index in [1.807, 2.05) is 42.3 Å². The third kappa shape index (κ3) is 5.64. The molecule has 29 heavy (non-hydrogen) atoms. The molecule has 0 spiro atoms. The van der Waals surface area contributed by atoms with Gasteiger partial charge in [0, 0.05) is 25.8 Å². The zero-order valence-corrected chi connectivity index (χ0v) is 16.7. The Hall–Kier alpha value is -3.21. The lowest BCUT2D eigenvalue weighted by molar-refractivity contribution is -0.142. The van der Waals surface area contributed by atoms with Gasteiger partial charge in [-0.1, -0.05) is 12.1 Å². The number of piperidine rings is 1. The first kappa shape index (κ1) is 20.5. The van der Waals surface area contributed by atoms with Crippen LogP contribution in [-0.4, -0.2) is 60.0 Å². The maximum absolute atomic E-state index is 12.8. The Bertz CT molecular complexity index is 851. The average Bonchev–Trinajstić information content (AvgIpc) is 3.24. The Morgan fingerprint density at radius 2 is 2.10 bits per heavy atom. The third-order valence-electron chi connectivity index (χ3n) is 5.14. The summed E-state index contributed by atoms with van der Waals surface area (Å²) in [5.74, 6) is -0.366. The summed E-state index contributed by atoms with van der Waals surface area (Å²) >= 11 is 0. The Kier molecular flexibility index (Phi) is 6.95. The number of rotatable bonds is 4. The maximum Gasteiger partial charge on any atom is 0.242 e. The van der Waals surface area contributed by atoms with Crippen molar-refractivity contribution in [3.05, 3.63) is 29.8 Å². The standard InChI is InChI=1S/C21H26N6O2/c1-16-6-4-8-18(12-16)25-21(24-15-22)23-13-17-7-5-11-27(20(17)29)14-19(28)26-9-2-3-10-26/h4,6,8,12-13,17H,2-3,5,7,9-11,14H2,1H3,(H,24,25)/b23-13-. The van der Waals surface area contributed by atoms with Gasteiger partial charge in [0.25, 0.3) is 0 Å². The first-order chi connectivity index (χ1) is 14.1. The number of amides is 2. The molecule has 0 aliphatic carbocycles. The lowest BCUT2D eigenvalue weighted by Gasteiger charge is -2.31. The van der Waals surface area contributed by atoms with E-state index in [1.54, 1.807) is 4.90 Å². The quantitative estimate of drug-likeness (QED) is 0.365. The third-order valence-corrected chi connectivity index (χ3v) is 5.14. The van der Waals surface area contributed by atoms with Crippen LogP contribution in [0.5, 0.6) is 0 Å². The van der Waals surface area contributed by atoms with Crippen LogP contribution in [-0.2, 0) is 9.59 Å². The summed E-state index contributed by atoms with van der Waals surface area (Å²) in [5, 5.41) is 11.4. The van der Waals surface area contributed by atoms with E-state index < -0.39 is 5.92 Å². The van der Waals surface area contributed by atoms with Gasteiger partial charge in [0.15, 0.2) is 6.19 Å². The number of likely N-dealkylation sites (tertiary alicyclic amines) is 2. The summed E-state index contributed by atoms with van der Waals surface area (Å²) in [6.07, 6.45) is 6.91. The highest BCUT2D eigenvalue weighted by molar-refractivity contribution is 6.00. The van der Waals surface area contributed by atoms with Gasteiger partial charge in [-0.05, 0) is 50.3 Å². The zero-order valence-electron chi connectivity index (χ0n) is 16.7. The summed E-state index contributed by atoms with van der Waals surface area (Å²) in [5.41, 5.74) is 1.72. The molecule has 3 rings (SSSR count). The highest BCUT2D eigenvalue weighted by Gasteiger charge is 2.30. The summed E-state index contributed by atoms with van der Waals surface area (Å²) in [7, 11) is 0. The number of guanidine groups is 1. The fourth-order valence-corrected chi connectivity index (χ4v) is 3.61. The Morgan fingerprint density at radius 3 is 2.83 bits per heavy atom. The van der Waals surface area contributed by atoms with Crippen molar-refractivity contribution in [1.82, 2.24) is 15.1 Å². The van der Waals surface area contributed by atoms with Crippen molar-refractivity contribution in [3.63, 3.8) is 0 Å². The first-order valence-electron chi connectivity index (χ1n) is 9.98. The molecule has 2 aliphatic heterocycles. The van der Waals surface area contributed by atoms with Crippen LogP contribution in [0.25, 0.3) is 0 Å². The molecule has 0 bridgehead atoms. The van der Waals surface area contributed by atoms with Crippen molar-refractivity contribution in [2.75, 3.05) is 26.2 Å². The van der Waals surface area contributed by atoms with E-state index in [-0.39, 0.29) is 24.3 Å². The predicted octanol–water partition coefficient (Wildman–Crippen LogP) is 1.98. The van der Waals surface area contributed by atoms with E-state index >= 15 is 0 Å². The largest absolute Gasteiger partial charge is 0.341 e. The van der Waals surface area contributed by atoms with Gasteiger partial charge in [-0.2, -0.15) is 5.26 Å². The summed E-state index contributed by atoms with van der Waals surface area (Å²) in [4.78, 5) is 37.2. The minimum Gasteiger partial charge on any atom is -0.341 e. The number of nitriles is 1. The number of hydrogen-bond donors (Lipinski definition) is 1. The fourth-order valence-electron chi connectivity index (χ4n) is 3.61. The number of hydrogen-bond acceptors (Lipinski definition) is 4. The molecule has 8 nitrogen and oxygen atoms in total.